The summed E-state index contributed by atoms with van der Waals surface area (Å²) in [5.41, 5.74) is 3.16. The van der Waals surface area contributed by atoms with Crippen molar-refractivity contribution in [3.63, 3.8) is 0 Å². The molecule has 0 radical (unpaired) electrons. The Morgan fingerprint density at radius 2 is 2.11 bits per heavy atom. The zero-order chi connectivity index (χ0) is 13.2. The molecule has 0 aliphatic carbocycles. The van der Waals surface area contributed by atoms with Crippen LogP contribution in [0.15, 0.2) is 18.2 Å². The Morgan fingerprint density at radius 1 is 1.21 bits per heavy atom. The Hall–Kier alpha value is -1.35. The van der Waals surface area contributed by atoms with Crippen molar-refractivity contribution in [3.05, 3.63) is 29.3 Å². The van der Waals surface area contributed by atoms with E-state index in [4.69, 9.17) is 0 Å². The first-order valence-corrected chi connectivity index (χ1v) is 7.33. The standard InChI is InChI=1S/C16H22N2O/c1-13-10-15(6-5-14(13)12-19)18-9-8-17-7-3-2-4-16(17)11-18/h5-6,10,12,16H,2-4,7-9,11H2,1H3. The summed E-state index contributed by atoms with van der Waals surface area (Å²) in [5.74, 6) is 0. The molecule has 1 atom stereocenters. The van der Waals surface area contributed by atoms with Crippen molar-refractivity contribution >= 4 is 12.0 Å². The summed E-state index contributed by atoms with van der Waals surface area (Å²) < 4.78 is 0. The SMILES string of the molecule is Cc1cc(N2CCN3CCCCC3C2)ccc1C=O. The highest BCUT2D eigenvalue weighted by Gasteiger charge is 2.28. The van der Waals surface area contributed by atoms with Crippen molar-refractivity contribution in [1.82, 2.24) is 4.90 Å². The molecule has 1 aromatic carbocycles. The van der Waals surface area contributed by atoms with Crippen molar-refractivity contribution in [2.45, 2.75) is 32.2 Å². The van der Waals surface area contributed by atoms with Gasteiger partial charge < -0.3 is 4.90 Å². The topological polar surface area (TPSA) is 23.6 Å². The smallest absolute Gasteiger partial charge is 0.150 e. The van der Waals surface area contributed by atoms with Crippen LogP contribution in [0, 0.1) is 6.92 Å². The fourth-order valence-electron chi connectivity index (χ4n) is 3.38. The Kier molecular flexibility index (Phi) is 3.56. The van der Waals surface area contributed by atoms with Gasteiger partial charge in [0.15, 0.2) is 0 Å². The second-order valence-electron chi connectivity index (χ2n) is 5.79. The van der Waals surface area contributed by atoms with Gasteiger partial charge in [-0.3, -0.25) is 9.69 Å². The van der Waals surface area contributed by atoms with Gasteiger partial charge in [-0.25, -0.2) is 0 Å². The largest absolute Gasteiger partial charge is 0.369 e. The summed E-state index contributed by atoms with van der Waals surface area (Å²) in [6, 6.07) is 6.93. The van der Waals surface area contributed by atoms with Crippen LogP contribution in [-0.4, -0.2) is 43.4 Å². The maximum absolute atomic E-state index is 10.9. The van der Waals surface area contributed by atoms with E-state index in [1.165, 1.54) is 38.0 Å². The number of hydrogen-bond acceptors (Lipinski definition) is 3. The number of anilines is 1. The van der Waals surface area contributed by atoms with Gasteiger partial charge in [-0.1, -0.05) is 6.42 Å². The lowest BCUT2D eigenvalue weighted by atomic mass is 9.99. The minimum atomic E-state index is 0.730. The number of piperazine rings is 1. The highest BCUT2D eigenvalue weighted by Crippen LogP contribution is 2.26. The Bertz CT molecular complexity index is 472. The van der Waals surface area contributed by atoms with Crippen LogP contribution in [0.25, 0.3) is 0 Å². The number of hydrogen-bond donors (Lipinski definition) is 0. The zero-order valence-electron chi connectivity index (χ0n) is 11.6. The van der Waals surface area contributed by atoms with Gasteiger partial charge in [0.1, 0.15) is 6.29 Å². The third-order valence-corrected chi connectivity index (χ3v) is 4.58. The fraction of sp³-hybridized carbons (Fsp3) is 0.562. The van der Waals surface area contributed by atoms with Crippen molar-refractivity contribution in [3.8, 4) is 0 Å². The number of aryl methyl sites for hydroxylation is 1. The van der Waals surface area contributed by atoms with Crippen LogP contribution in [0.4, 0.5) is 5.69 Å². The Morgan fingerprint density at radius 3 is 2.89 bits per heavy atom. The maximum Gasteiger partial charge on any atom is 0.150 e. The van der Waals surface area contributed by atoms with E-state index in [1.807, 2.05) is 13.0 Å². The molecule has 1 aromatic rings. The van der Waals surface area contributed by atoms with Crippen LogP contribution in [0.2, 0.25) is 0 Å². The Balaban J connectivity index is 1.75. The molecule has 2 aliphatic heterocycles. The normalized spacial score (nSPS) is 24.1. The van der Waals surface area contributed by atoms with Crippen molar-refractivity contribution < 1.29 is 4.79 Å². The molecule has 0 amide bonds. The van der Waals surface area contributed by atoms with Crippen LogP contribution in [0.5, 0.6) is 0 Å². The van der Waals surface area contributed by atoms with Gasteiger partial charge in [0.2, 0.25) is 0 Å². The number of carbonyl (C=O) groups is 1. The average Bonchev–Trinajstić information content (AvgIpc) is 2.46. The van der Waals surface area contributed by atoms with Crippen LogP contribution >= 0.6 is 0 Å². The molecule has 0 spiro atoms. The molecule has 2 heterocycles. The second kappa shape index (κ2) is 5.33. The first kappa shape index (κ1) is 12.7. The van der Waals surface area contributed by atoms with Crippen molar-refractivity contribution in [2.75, 3.05) is 31.1 Å². The molecule has 0 bridgehead atoms. The van der Waals surface area contributed by atoms with E-state index >= 15 is 0 Å². The molecule has 102 valence electrons. The molecular weight excluding hydrogens is 236 g/mol. The third kappa shape index (κ3) is 2.52. The average molecular weight is 258 g/mol. The minimum absolute atomic E-state index is 0.730. The predicted octanol–water partition coefficient (Wildman–Crippen LogP) is 2.48. The molecule has 2 aliphatic rings. The number of aldehydes is 1. The number of benzene rings is 1. The second-order valence-corrected chi connectivity index (χ2v) is 5.79. The van der Waals surface area contributed by atoms with Gasteiger partial charge in [0, 0.05) is 36.9 Å². The summed E-state index contributed by atoms with van der Waals surface area (Å²) >= 11 is 0. The first-order chi connectivity index (χ1) is 9.28. The number of fused-ring (bicyclic) bond motifs is 1. The van der Waals surface area contributed by atoms with E-state index in [-0.39, 0.29) is 0 Å². The van der Waals surface area contributed by atoms with Gasteiger partial charge in [0.25, 0.3) is 0 Å². The van der Waals surface area contributed by atoms with Gasteiger partial charge in [-0.15, -0.1) is 0 Å². The summed E-state index contributed by atoms with van der Waals surface area (Å²) in [4.78, 5) is 16.0. The number of rotatable bonds is 2. The minimum Gasteiger partial charge on any atom is -0.369 e. The lowest BCUT2D eigenvalue weighted by Crippen LogP contribution is -2.54. The molecular formula is C16H22N2O. The third-order valence-electron chi connectivity index (χ3n) is 4.58. The summed E-state index contributed by atoms with van der Waals surface area (Å²) in [5, 5.41) is 0. The molecule has 0 aromatic heterocycles. The van der Waals surface area contributed by atoms with Gasteiger partial charge in [-0.05, 0) is 50.1 Å². The fourth-order valence-corrected chi connectivity index (χ4v) is 3.38. The number of nitrogens with zero attached hydrogens (tertiary/aromatic N) is 2. The molecule has 3 heteroatoms. The monoisotopic (exact) mass is 258 g/mol. The Labute approximate surface area is 115 Å². The molecule has 1 unspecified atom stereocenters. The number of carbonyl (C=O) groups excluding carboxylic acids is 1. The van der Waals surface area contributed by atoms with Crippen LogP contribution in [-0.2, 0) is 0 Å². The molecule has 2 saturated heterocycles. The lowest BCUT2D eigenvalue weighted by Gasteiger charge is -2.45. The molecule has 3 nitrogen and oxygen atoms in total. The highest BCUT2D eigenvalue weighted by molar-refractivity contribution is 5.78. The van der Waals surface area contributed by atoms with E-state index < -0.39 is 0 Å². The molecule has 2 fully saturated rings. The van der Waals surface area contributed by atoms with Crippen LogP contribution in [0.1, 0.15) is 35.2 Å². The summed E-state index contributed by atoms with van der Waals surface area (Å²) in [6.45, 7) is 6.72. The summed E-state index contributed by atoms with van der Waals surface area (Å²) in [7, 11) is 0. The quantitative estimate of drug-likeness (QED) is 0.761. The molecule has 0 saturated carbocycles. The van der Waals surface area contributed by atoms with Crippen molar-refractivity contribution in [1.29, 1.82) is 0 Å². The lowest BCUT2D eigenvalue weighted by molar-refractivity contribution is 0.112. The highest BCUT2D eigenvalue weighted by atomic mass is 16.1. The van der Waals surface area contributed by atoms with Crippen LogP contribution < -0.4 is 4.90 Å². The summed E-state index contributed by atoms with van der Waals surface area (Å²) in [6.07, 6.45) is 5.02. The molecule has 3 rings (SSSR count). The van der Waals surface area contributed by atoms with E-state index in [0.717, 1.165) is 36.5 Å². The maximum atomic E-state index is 10.9. The van der Waals surface area contributed by atoms with Crippen LogP contribution in [0.3, 0.4) is 0 Å². The van der Waals surface area contributed by atoms with E-state index in [0.29, 0.717) is 0 Å². The van der Waals surface area contributed by atoms with E-state index in [2.05, 4.69) is 21.9 Å². The molecule has 0 N–H and O–H groups in total. The first-order valence-electron chi connectivity index (χ1n) is 7.33. The van der Waals surface area contributed by atoms with E-state index in [1.54, 1.807) is 0 Å². The van der Waals surface area contributed by atoms with E-state index in [9.17, 15) is 4.79 Å². The molecule has 19 heavy (non-hydrogen) atoms. The van der Waals surface area contributed by atoms with Gasteiger partial charge in [-0.2, -0.15) is 0 Å². The number of piperidine rings is 1. The van der Waals surface area contributed by atoms with Gasteiger partial charge >= 0.3 is 0 Å². The van der Waals surface area contributed by atoms with Crippen molar-refractivity contribution in [2.24, 2.45) is 0 Å². The predicted molar refractivity (Wildman–Crippen MR) is 78.0 cm³/mol. The zero-order valence-corrected chi connectivity index (χ0v) is 11.6. The van der Waals surface area contributed by atoms with Gasteiger partial charge in [0.05, 0.1) is 0 Å².